The molecule has 4 nitrogen and oxygen atoms in total. The summed E-state index contributed by atoms with van der Waals surface area (Å²) in [7, 11) is 0. The number of piperidine rings is 1. The second-order valence-electron chi connectivity index (χ2n) is 7.12. The third-order valence-electron chi connectivity index (χ3n) is 4.98. The van der Waals surface area contributed by atoms with Crippen LogP contribution >= 0.6 is 11.8 Å². The summed E-state index contributed by atoms with van der Waals surface area (Å²) in [4.78, 5) is 2.35. The van der Waals surface area contributed by atoms with Crippen molar-refractivity contribution >= 4 is 23.1 Å². The van der Waals surface area contributed by atoms with E-state index in [-0.39, 0.29) is 5.82 Å². The van der Waals surface area contributed by atoms with Gasteiger partial charge in [0.05, 0.1) is 6.21 Å². The van der Waals surface area contributed by atoms with E-state index in [9.17, 15) is 4.39 Å². The average molecular weight is 399 g/mol. The van der Waals surface area contributed by atoms with Crippen LogP contribution in [0.3, 0.4) is 0 Å². The number of nitrogens with two attached hydrogens (primary N) is 1. The first-order chi connectivity index (χ1) is 13.6. The van der Waals surface area contributed by atoms with Crippen molar-refractivity contribution in [2.45, 2.75) is 44.5 Å². The molecule has 1 unspecified atom stereocenters. The van der Waals surface area contributed by atoms with Gasteiger partial charge in [-0.15, -0.1) is 5.10 Å². The molecule has 0 radical (unpaired) electrons. The number of benzene rings is 2. The lowest BCUT2D eigenvalue weighted by atomic mass is 10.0. The number of nitrogens with zero attached hydrogens (tertiary/aromatic N) is 3. The standard InChI is InChI=1S/C22H27FN4S/c1-17-7-5-6-12-27(17)15-20-11-10-19(13-21(20)23)14-25-26-22(24)28-16-18-8-3-2-4-9-18/h2-4,8-11,13-14,17H,5-7,12,15-16H2,1H3,(H2,24,26). The lowest BCUT2D eigenvalue weighted by Gasteiger charge is -2.33. The summed E-state index contributed by atoms with van der Waals surface area (Å²) in [5.41, 5.74) is 8.46. The molecule has 28 heavy (non-hydrogen) atoms. The molecule has 2 aromatic carbocycles. The number of amidine groups is 1. The third kappa shape index (κ3) is 6.17. The van der Waals surface area contributed by atoms with Gasteiger partial charge >= 0.3 is 0 Å². The topological polar surface area (TPSA) is 54.0 Å². The summed E-state index contributed by atoms with van der Waals surface area (Å²) in [6, 6.07) is 15.8. The smallest absolute Gasteiger partial charge is 0.180 e. The normalized spacial score (nSPS) is 18.6. The average Bonchev–Trinajstić information content (AvgIpc) is 2.71. The van der Waals surface area contributed by atoms with E-state index in [1.54, 1.807) is 0 Å². The molecule has 0 saturated carbocycles. The van der Waals surface area contributed by atoms with Crippen molar-refractivity contribution in [1.82, 2.24) is 4.90 Å². The Bertz CT molecular complexity index is 823. The minimum absolute atomic E-state index is 0.197. The van der Waals surface area contributed by atoms with Crippen LogP contribution in [0.4, 0.5) is 4.39 Å². The van der Waals surface area contributed by atoms with Crippen molar-refractivity contribution in [2.24, 2.45) is 15.9 Å². The van der Waals surface area contributed by atoms with Gasteiger partial charge in [-0.05, 0) is 43.5 Å². The molecule has 1 aliphatic rings. The SMILES string of the molecule is CC1CCCCN1Cc1ccc(C=NN=C(N)SCc2ccccc2)cc1F. The zero-order valence-corrected chi connectivity index (χ0v) is 17.0. The maximum Gasteiger partial charge on any atom is 0.180 e. The van der Waals surface area contributed by atoms with Gasteiger partial charge in [-0.3, -0.25) is 4.90 Å². The minimum Gasteiger partial charge on any atom is -0.377 e. The van der Waals surface area contributed by atoms with E-state index in [4.69, 9.17) is 5.73 Å². The van der Waals surface area contributed by atoms with Crippen LogP contribution < -0.4 is 5.73 Å². The van der Waals surface area contributed by atoms with Crippen LogP contribution in [-0.2, 0) is 12.3 Å². The van der Waals surface area contributed by atoms with E-state index in [2.05, 4.69) is 22.0 Å². The van der Waals surface area contributed by atoms with Gasteiger partial charge < -0.3 is 5.73 Å². The van der Waals surface area contributed by atoms with Gasteiger partial charge in [0.2, 0.25) is 0 Å². The van der Waals surface area contributed by atoms with Crippen LogP contribution in [0.1, 0.15) is 42.9 Å². The minimum atomic E-state index is -0.197. The van der Waals surface area contributed by atoms with Gasteiger partial charge in [0.25, 0.3) is 0 Å². The molecule has 1 aliphatic heterocycles. The van der Waals surface area contributed by atoms with Crippen molar-refractivity contribution in [3.8, 4) is 0 Å². The predicted octanol–water partition coefficient (Wildman–Crippen LogP) is 4.78. The molecule has 0 aliphatic carbocycles. The number of halogens is 1. The van der Waals surface area contributed by atoms with Crippen LogP contribution in [0.25, 0.3) is 0 Å². The molecule has 3 rings (SSSR count). The molecule has 2 N–H and O–H groups in total. The maximum atomic E-state index is 14.5. The van der Waals surface area contributed by atoms with E-state index in [1.807, 2.05) is 42.5 Å². The molecule has 0 aromatic heterocycles. The Morgan fingerprint density at radius 2 is 2.07 bits per heavy atom. The number of likely N-dealkylation sites (tertiary alicyclic amines) is 1. The van der Waals surface area contributed by atoms with Crippen molar-refractivity contribution in [3.05, 3.63) is 71.0 Å². The van der Waals surface area contributed by atoms with Gasteiger partial charge in [-0.2, -0.15) is 5.10 Å². The number of rotatable bonds is 6. The Morgan fingerprint density at radius 3 is 2.82 bits per heavy atom. The molecular formula is C22H27FN4S. The van der Waals surface area contributed by atoms with Gasteiger partial charge in [-0.25, -0.2) is 4.39 Å². The first kappa shape index (κ1) is 20.6. The lowest BCUT2D eigenvalue weighted by Crippen LogP contribution is -2.36. The zero-order chi connectivity index (χ0) is 19.8. The van der Waals surface area contributed by atoms with Crippen LogP contribution in [0.15, 0.2) is 58.7 Å². The fraction of sp³-hybridized carbons (Fsp3) is 0.364. The highest BCUT2D eigenvalue weighted by Crippen LogP contribution is 2.20. The Morgan fingerprint density at radius 1 is 1.25 bits per heavy atom. The lowest BCUT2D eigenvalue weighted by molar-refractivity contribution is 0.151. The van der Waals surface area contributed by atoms with Crippen LogP contribution in [0.5, 0.6) is 0 Å². The summed E-state index contributed by atoms with van der Waals surface area (Å²) in [6.45, 7) is 3.92. The Hall–Kier alpha value is -2.18. The zero-order valence-electron chi connectivity index (χ0n) is 16.2. The highest BCUT2D eigenvalue weighted by Gasteiger charge is 2.19. The molecule has 1 heterocycles. The van der Waals surface area contributed by atoms with Gasteiger partial charge in [0.15, 0.2) is 5.17 Å². The molecule has 0 spiro atoms. The summed E-state index contributed by atoms with van der Waals surface area (Å²) in [6.07, 6.45) is 5.18. The van der Waals surface area contributed by atoms with Crippen LogP contribution in [-0.4, -0.2) is 28.9 Å². The van der Waals surface area contributed by atoms with Crippen LogP contribution in [0.2, 0.25) is 0 Å². The monoisotopic (exact) mass is 398 g/mol. The van der Waals surface area contributed by atoms with Crippen molar-refractivity contribution in [3.63, 3.8) is 0 Å². The fourth-order valence-corrected chi connectivity index (χ4v) is 3.91. The summed E-state index contributed by atoms with van der Waals surface area (Å²) in [5, 5.41) is 8.36. The molecule has 2 aromatic rings. The van der Waals surface area contributed by atoms with Crippen molar-refractivity contribution in [2.75, 3.05) is 6.54 Å². The van der Waals surface area contributed by atoms with Crippen molar-refractivity contribution < 1.29 is 4.39 Å². The number of hydrogen-bond acceptors (Lipinski definition) is 4. The molecule has 1 saturated heterocycles. The summed E-state index contributed by atoms with van der Waals surface area (Å²) < 4.78 is 14.5. The Labute approximate surface area is 170 Å². The number of hydrogen-bond donors (Lipinski definition) is 1. The van der Waals surface area contributed by atoms with E-state index >= 15 is 0 Å². The first-order valence-electron chi connectivity index (χ1n) is 9.67. The quantitative estimate of drug-likeness (QED) is 0.433. The molecular weight excluding hydrogens is 371 g/mol. The Balaban J connectivity index is 1.54. The highest BCUT2D eigenvalue weighted by atomic mass is 32.2. The predicted molar refractivity (Wildman–Crippen MR) is 117 cm³/mol. The van der Waals surface area contributed by atoms with Gasteiger partial charge in [0, 0.05) is 23.9 Å². The largest absolute Gasteiger partial charge is 0.377 e. The molecule has 1 fully saturated rings. The van der Waals surface area contributed by atoms with E-state index in [0.717, 1.165) is 17.9 Å². The third-order valence-corrected chi connectivity index (χ3v) is 5.84. The molecule has 1 atom stereocenters. The summed E-state index contributed by atoms with van der Waals surface area (Å²) in [5.74, 6) is 0.543. The summed E-state index contributed by atoms with van der Waals surface area (Å²) >= 11 is 1.42. The first-order valence-corrected chi connectivity index (χ1v) is 10.7. The fourth-order valence-electron chi connectivity index (χ4n) is 3.30. The van der Waals surface area contributed by atoms with E-state index < -0.39 is 0 Å². The van der Waals surface area contributed by atoms with Crippen LogP contribution in [0, 0.1) is 5.82 Å². The van der Waals surface area contributed by atoms with E-state index in [0.29, 0.717) is 23.3 Å². The molecule has 148 valence electrons. The molecule has 0 amide bonds. The van der Waals surface area contributed by atoms with Crippen molar-refractivity contribution in [1.29, 1.82) is 0 Å². The maximum absolute atomic E-state index is 14.5. The second kappa shape index (κ2) is 10.4. The molecule has 0 bridgehead atoms. The van der Waals surface area contributed by atoms with Gasteiger partial charge in [0.1, 0.15) is 5.82 Å². The van der Waals surface area contributed by atoms with Gasteiger partial charge in [-0.1, -0.05) is 60.6 Å². The van der Waals surface area contributed by atoms with E-state index in [1.165, 1.54) is 48.9 Å². The number of thioether (sulfide) groups is 1. The molecule has 6 heteroatoms. The highest BCUT2D eigenvalue weighted by molar-refractivity contribution is 8.13. The Kier molecular flexibility index (Phi) is 7.62. The second-order valence-corrected chi connectivity index (χ2v) is 8.12.